The Morgan fingerprint density at radius 2 is 1.96 bits per heavy atom. The molecule has 0 bridgehead atoms. The standard InChI is InChI=1S/C17H22N4O2/c18-14-3-7-16(8-4-14)23-11-17(22)21-15-5-1-12(2-6-15)13-9-19-20-10-13/h1-2,5-6,9-10,14,16H,3-4,7-8,11,18H2,(H,19,20)(H,21,22). The maximum absolute atomic E-state index is 12.0. The van der Waals surface area contributed by atoms with Crippen LogP contribution in [0.5, 0.6) is 0 Å². The van der Waals surface area contributed by atoms with E-state index in [1.807, 2.05) is 30.5 Å². The summed E-state index contributed by atoms with van der Waals surface area (Å²) in [5.41, 5.74) is 8.69. The molecule has 1 fully saturated rings. The van der Waals surface area contributed by atoms with E-state index in [0.29, 0.717) is 0 Å². The van der Waals surface area contributed by atoms with E-state index in [1.54, 1.807) is 6.20 Å². The number of carbonyl (C=O) groups excluding carboxylic acids is 1. The third-order valence-corrected chi connectivity index (χ3v) is 4.17. The van der Waals surface area contributed by atoms with Crippen molar-refractivity contribution in [2.24, 2.45) is 5.73 Å². The van der Waals surface area contributed by atoms with Crippen molar-refractivity contribution in [2.45, 2.75) is 37.8 Å². The highest BCUT2D eigenvalue weighted by Crippen LogP contribution is 2.21. The summed E-state index contributed by atoms with van der Waals surface area (Å²) >= 11 is 0. The first kappa shape index (κ1) is 15.7. The van der Waals surface area contributed by atoms with Gasteiger partial charge in [-0.25, -0.2) is 0 Å². The third kappa shape index (κ3) is 4.40. The number of aromatic nitrogens is 2. The Hall–Kier alpha value is -2.18. The molecule has 0 unspecified atom stereocenters. The van der Waals surface area contributed by atoms with Crippen LogP contribution < -0.4 is 11.1 Å². The number of H-pyrrole nitrogens is 1. The molecule has 1 saturated carbocycles. The van der Waals surface area contributed by atoms with Gasteiger partial charge in [0, 0.05) is 23.5 Å². The zero-order chi connectivity index (χ0) is 16.1. The minimum absolute atomic E-state index is 0.0867. The number of benzene rings is 1. The van der Waals surface area contributed by atoms with Crippen LogP contribution in [0.15, 0.2) is 36.7 Å². The van der Waals surface area contributed by atoms with Gasteiger partial charge in [0.2, 0.25) is 5.91 Å². The smallest absolute Gasteiger partial charge is 0.250 e. The molecule has 6 heteroatoms. The first-order valence-electron chi connectivity index (χ1n) is 7.97. The highest BCUT2D eigenvalue weighted by atomic mass is 16.5. The predicted molar refractivity (Wildman–Crippen MR) is 88.8 cm³/mol. The van der Waals surface area contributed by atoms with Crippen LogP contribution in [-0.2, 0) is 9.53 Å². The van der Waals surface area contributed by atoms with Gasteiger partial charge in [0.1, 0.15) is 6.61 Å². The second-order valence-corrected chi connectivity index (χ2v) is 5.96. The van der Waals surface area contributed by atoms with Crippen LogP contribution in [-0.4, -0.2) is 34.9 Å². The molecule has 1 heterocycles. The van der Waals surface area contributed by atoms with E-state index in [2.05, 4.69) is 15.5 Å². The third-order valence-electron chi connectivity index (χ3n) is 4.17. The van der Waals surface area contributed by atoms with E-state index in [1.165, 1.54) is 0 Å². The van der Waals surface area contributed by atoms with E-state index < -0.39 is 0 Å². The van der Waals surface area contributed by atoms with Gasteiger partial charge in [-0.05, 0) is 43.4 Å². The zero-order valence-corrected chi connectivity index (χ0v) is 13.0. The summed E-state index contributed by atoms with van der Waals surface area (Å²) in [4.78, 5) is 12.0. The fourth-order valence-electron chi connectivity index (χ4n) is 2.80. The molecule has 2 aromatic rings. The zero-order valence-electron chi connectivity index (χ0n) is 13.0. The van der Waals surface area contributed by atoms with Crippen molar-refractivity contribution in [3.05, 3.63) is 36.7 Å². The first-order chi connectivity index (χ1) is 11.2. The number of ether oxygens (including phenoxy) is 1. The van der Waals surface area contributed by atoms with E-state index in [4.69, 9.17) is 10.5 Å². The van der Waals surface area contributed by atoms with Gasteiger partial charge < -0.3 is 15.8 Å². The summed E-state index contributed by atoms with van der Waals surface area (Å²) in [7, 11) is 0. The van der Waals surface area contributed by atoms with Gasteiger partial charge in [-0.3, -0.25) is 9.89 Å². The number of rotatable bonds is 5. The van der Waals surface area contributed by atoms with Crippen LogP contribution in [0, 0.1) is 0 Å². The number of carbonyl (C=O) groups is 1. The second-order valence-electron chi connectivity index (χ2n) is 5.96. The maximum Gasteiger partial charge on any atom is 0.250 e. The Labute approximate surface area is 135 Å². The van der Waals surface area contributed by atoms with E-state index in [9.17, 15) is 4.79 Å². The Balaban J connectivity index is 1.46. The quantitative estimate of drug-likeness (QED) is 0.789. The highest BCUT2D eigenvalue weighted by Gasteiger charge is 2.19. The lowest BCUT2D eigenvalue weighted by atomic mass is 9.94. The van der Waals surface area contributed by atoms with E-state index in [0.717, 1.165) is 42.5 Å². The number of hydrogen-bond acceptors (Lipinski definition) is 4. The molecule has 122 valence electrons. The predicted octanol–water partition coefficient (Wildman–Crippen LogP) is 2.30. The fourth-order valence-corrected chi connectivity index (χ4v) is 2.80. The molecule has 1 aliphatic rings. The molecule has 0 radical (unpaired) electrons. The molecule has 0 saturated heterocycles. The van der Waals surface area contributed by atoms with Crippen LogP contribution >= 0.6 is 0 Å². The molecule has 1 aromatic carbocycles. The second kappa shape index (κ2) is 7.39. The van der Waals surface area contributed by atoms with Crippen molar-refractivity contribution in [1.29, 1.82) is 0 Å². The van der Waals surface area contributed by atoms with Gasteiger partial charge in [0.05, 0.1) is 12.3 Å². The average molecular weight is 314 g/mol. The highest BCUT2D eigenvalue weighted by molar-refractivity contribution is 5.91. The van der Waals surface area contributed by atoms with Crippen LogP contribution in [0.1, 0.15) is 25.7 Å². The van der Waals surface area contributed by atoms with Gasteiger partial charge in [-0.2, -0.15) is 5.10 Å². The molecule has 0 spiro atoms. The minimum Gasteiger partial charge on any atom is -0.368 e. The van der Waals surface area contributed by atoms with Gasteiger partial charge in [-0.1, -0.05) is 12.1 Å². The monoisotopic (exact) mass is 314 g/mol. The van der Waals surface area contributed by atoms with Crippen molar-refractivity contribution in [1.82, 2.24) is 10.2 Å². The maximum atomic E-state index is 12.0. The summed E-state index contributed by atoms with van der Waals surface area (Å²) in [5.74, 6) is -0.129. The summed E-state index contributed by atoms with van der Waals surface area (Å²) in [5, 5.41) is 9.56. The molecule has 1 aromatic heterocycles. The Kier molecular flexibility index (Phi) is 5.05. The SMILES string of the molecule is NC1CCC(OCC(=O)Nc2ccc(-c3cn[nH]c3)cc2)CC1. The molecule has 0 atom stereocenters. The molecule has 23 heavy (non-hydrogen) atoms. The van der Waals surface area contributed by atoms with Gasteiger partial charge >= 0.3 is 0 Å². The molecule has 1 amide bonds. The van der Waals surface area contributed by atoms with Crippen molar-refractivity contribution in [2.75, 3.05) is 11.9 Å². The molecule has 3 rings (SSSR count). The Bertz CT molecular complexity index is 617. The number of anilines is 1. The molecular formula is C17H22N4O2. The lowest BCUT2D eigenvalue weighted by Crippen LogP contribution is -2.32. The Morgan fingerprint density at radius 1 is 1.22 bits per heavy atom. The average Bonchev–Trinajstić information content (AvgIpc) is 3.09. The molecule has 6 nitrogen and oxygen atoms in total. The number of nitrogens with two attached hydrogens (primary N) is 1. The summed E-state index contributed by atoms with van der Waals surface area (Å²) in [6, 6.07) is 7.94. The number of aromatic amines is 1. The molecule has 1 aliphatic carbocycles. The fraction of sp³-hybridized carbons (Fsp3) is 0.412. The summed E-state index contributed by atoms with van der Waals surface area (Å²) in [6.07, 6.45) is 7.57. The molecule has 4 N–H and O–H groups in total. The van der Waals surface area contributed by atoms with Gasteiger partial charge in [0.15, 0.2) is 0 Å². The number of nitrogens with one attached hydrogen (secondary N) is 2. The lowest BCUT2D eigenvalue weighted by Gasteiger charge is -2.25. The van der Waals surface area contributed by atoms with Crippen LogP contribution in [0.25, 0.3) is 11.1 Å². The van der Waals surface area contributed by atoms with Gasteiger partial charge in [-0.15, -0.1) is 0 Å². The number of amides is 1. The molecular weight excluding hydrogens is 292 g/mol. The van der Waals surface area contributed by atoms with Crippen LogP contribution in [0.3, 0.4) is 0 Å². The van der Waals surface area contributed by atoms with Crippen LogP contribution in [0.4, 0.5) is 5.69 Å². The largest absolute Gasteiger partial charge is 0.368 e. The van der Waals surface area contributed by atoms with Crippen molar-refractivity contribution < 1.29 is 9.53 Å². The number of hydrogen-bond donors (Lipinski definition) is 3. The number of nitrogens with zero attached hydrogens (tertiary/aromatic N) is 1. The Morgan fingerprint density at radius 3 is 2.61 bits per heavy atom. The normalized spacial score (nSPS) is 21.1. The van der Waals surface area contributed by atoms with Gasteiger partial charge in [0.25, 0.3) is 0 Å². The summed E-state index contributed by atoms with van der Waals surface area (Å²) < 4.78 is 5.67. The first-order valence-corrected chi connectivity index (χ1v) is 7.97. The van der Waals surface area contributed by atoms with Crippen molar-refractivity contribution in [3.63, 3.8) is 0 Å². The van der Waals surface area contributed by atoms with Crippen molar-refractivity contribution >= 4 is 11.6 Å². The lowest BCUT2D eigenvalue weighted by molar-refractivity contribution is -0.123. The van der Waals surface area contributed by atoms with Crippen LogP contribution in [0.2, 0.25) is 0 Å². The van der Waals surface area contributed by atoms with E-state index >= 15 is 0 Å². The summed E-state index contributed by atoms with van der Waals surface area (Å²) in [6.45, 7) is 0.0867. The van der Waals surface area contributed by atoms with Crippen molar-refractivity contribution in [3.8, 4) is 11.1 Å². The minimum atomic E-state index is -0.129. The topological polar surface area (TPSA) is 93.0 Å². The molecule has 0 aliphatic heterocycles. The van der Waals surface area contributed by atoms with E-state index in [-0.39, 0.29) is 24.7 Å².